The van der Waals surface area contributed by atoms with Crippen LogP contribution >= 0.6 is 11.8 Å². The summed E-state index contributed by atoms with van der Waals surface area (Å²) in [5, 5.41) is 1.46. The number of thioether (sulfide) groups is 1. The van der Waals surface area contributed by atoms with Crippen molar-refractivity contribution >= 4 is 22.7 Å². The Hall–Kier alpha value is -1.59. The number of hydrogen-bond acceptors (Lipinski definition) is 4. The van der Waals surface area contributed by atoms with Crippen molar-refractivity contribution in [2.75, 3.05) is 12.4 Å². The second-order valence-corrected chi connectivity index (χ2v) is 7.04. The molecule has 0 amide bonds. The normalized spacial score (nSPS) is 17.6. The van der Waals surface area contributed by atoms with Crippen LogP contribution in [0.1, 0.15) is 26.7 Å². The Balaban J connectivity index is 1.99. The van der Waals surface area contributed by atoms with Crippen LogP contribution in [0.4, 0.5) is 0 Å². The van der Waals surface area contributed by atoms with Gasteiger partial charge in [-0.15, -0.1) is 0 Å². The molecule has 1 aromatic carbocycles. The molecule has 1 aliphatic heterocycles. The zero-order valence-electron chi connectivity index (χ0n) is 13.6. The molecule has 23 heavy (non-hydrogen) atoms. The molecule has 0 spiro atoms. The molecular weight excluding hydrogens is 308 g/mol. The van der Waals surface area contributed by atoms with Gasteiger partial charge in [-0.05, 0) is 38.8 Å². The molecular formula is C18H22N2O2S. The molecule has 0 aliphatic carbocycles. The van der Waals surface area contributed by atoms with Gasteiger partial charge in [-0.1, -0.05) is 35.5 Å². The largest absolute Gasteiger partial charge is 0.376 e. The van der Waals surface area contributed by atoms with E-state index in [1.807, 2.05) is 24.3 Å². The quantitative estimate of drug-likeness (QED) is 0.477. The van der Waals surface area contributed by atoms with Crippen molar-refractivity contribution < 1.29 is 4.74 Å². The van der Waals surface area contributed by atoms with E-state index in [9.17, 15) is 4.79 Å². The van der Waals surface area contributed by atoms with E-state index in [-0.39, 0.29) is 11.7 Å². The van der Waals surface area contributed by atoms with E-state index < -0.39 is 0 Å². The summed E-state index contributed by atoms with van der Waals surface area (Å²) < 4.78 is 7.51. The predicted octanol–water partition coefficient (Wildman–Crippen LogP) is 3.63. The summed E-state index contributed by atoms with van der Waals surface area (Å²) in [5.41, 5.74) is 2.07. The lowest BCUT2D eigenvalue weighted by Crippen LogP contribution is -2.28. The van der Waals surface area contributed by atoms with Crippen LogP contribution in [-0.2, 0) is 11.3 Å². The second-order valence-electron chi connectivity index (χ2n) is 6.05. The highest BCUT2D eigenvalue weighted by Crippen LogP contribution is 2.21. The van der Waals surface area contributed by atoms with Crippen molar-refractivity contribution in [3.63, 3.8) is 0 Å². The molecule has 3 rings (SSSR count). The number of ether oxygens (including phenoxy) is 1. The summed E-state index contributed by atoms with van der Waals surface area (Å²) in [6, 6.07) is 7.56. The van der Waals surface area contributed by atoms with Crippen molar-refractivity contribution in [3.05, 3.63) is 46.3 Å². The Morgan fingerprint density at radius 3 is 3.00 bits per heavy atom. The summed E-state index contributed by atoms with van der Waals surface area (Å²) in [6.07, 6.45) is 4.36. The number of para-hydroxylation sites is 1. The second kappa shape index (κ2) is 7.32. The third-order valence-corrected chi connectivity index (χ3v) is 4.84. The number of aromatic nitrogens is 2. The average molecular weight is 330 g/mol. The zero-order chi connectivity index (χ0) is 16.2. The van der Waals surface area contributed by atoms with Crippen LogP contribution in [0.5, 0.6) is 0 Å². The maximum atomic E-state index is 12.9. The number of hydrogen-bond donors (Lipinski definition) is 0. The van der Waals surface area contributed by atoms with E-state index in [4.69, 9.17) is 9.72 Å². The highest BCUT2D eigenvalue weighted by Gasteiger charge is 2.19. The molecule has 1 aromatic heterocycles. The number of rotatable bonds is 5. The van der Waals surface area contributed by atoms with Gasteiger partial charge in [-0.3, -0.25) is 9.36 Å². The van der Waals surface area contributed by atoms with Crippen LogP contribution in [-0.4, -0.2) is 28.0 Å². The van der Waals surface area contributed by atoms with Crippen molar-refractivity contribution in [3.8, 4) is 0 Å². The zero-order valence-corrected chi connectivity index (χ0v) is 14.4. The van der Waals surface area contributed by atoms with E-state index in [0.29, 0.717) is 11.9 Å². The van der Waals surface area contributed by atoms with Crippen LogP contribution in [0.3, 0.4) is 0 Å². The molecule has 4 nitrogen and oxygen atoms in total. The molecule has 1 atom stereocenters. The molecule has 2 aromatic rings. The molecule has 122 valence electrons. The van der Waals surface area contributed by atoms with E-state index >= 15 is 0 Å². The molecule has 5 heteroatoms. The average Bonchev–Trinajstić information content (AvgIpc) is 3.04. The van der Waals surface area contributed by atoms with Gasteiger partial charge in [0, 0.05) is 12.4 Å². The van der Waals surface area contributed by atoms with Crippen molar-refractivity contribution in [2.45, 2.75) is 44.5 Å². The van der Waals surface area contributed by atoms with E-state index in [1.54, 1.807) is 16.3 Å². The summed E-state index contributed by atoms with van der Waals surface area (Å²) in [5.74, 6) is 0.818. The lowest BCUT2D eigenvalue weighted by atomic mass is 10.2. The molecule has 0 N–H and O–H groups in total. The van der Waals surface area contributed by atoms with Gasteiger partial charge in [0.1, 0.15) is 0 Å². The molecule has 0 saturated carbocycles. The summed E-state index contributed by atoms with van der Waals surface area (Å²) in [4.78, 5) is 17.6. The fourth-order valence-electron chi connectivity index (χ4n) is 2.69. The molecule has 1 fully saturated rings. The van der Waals surface area contributed by atoms with Crippen LogP contribution < -0.4 is 5.56 Å². The van der Waals surface area contributed by atoms with Gasteiger partial charge >= 0.3 is 0 Å². The Labute approximate surface area is 140 Å². The smallest absolute Gasteiger partial charge is 0.262 e. The highest BCUT2D eigenvalue weighted by molar-refractivity contribution is 7.99. The Bertz CT molecular complexity index is 772. The maximum absolute atomic E-state index is 12.9. The number of nitrogens with zero attached hydrogens (tertiary/aromatic N) is 2. The lowest BCUT2D eigenvalue weighted by Gasteiger charge is -2.16. The van der Waals surface area contributed by atoms with Gasteiger partial charge in [0.2, 0.25) is 0 Å². The molecule has 2 heterocycles. The number of benzene rings is 1. The number of allylic oxidation sites excluding steroid dienone is 1. The number of fused-ring (bicyclic) bond motifs is 1. The summed E-state index contributed by atoms with van der Waals surface area (Å²) in [6.45, 7) is 5.54. The topological polar surface area (TPSA) is 44.1 Å². The fourth-order valence-corrected chi connectivity index (χ4v) is 3.74. The van der Waals surface area contributed by atoms with E-state index in [1.165, 1.54) is 5.57 Å². The lowest BCUT2D eigenvalue weighted by molar-refractivity contribution is 0.0937. The first kappa shape index (κ1) is 16.3. The highest BCUT2D eigenvalue weighted by atomic mass is 32.2. The third-order valence-electron chi connectivity index (χ3n) is 3.94. The Kier molecular flexibility index (Phi) is 5.18. The van der Waals surface area contributed by atoms with Gasteiger partial charge in [-0.25, -0.2) is 4.98 Å². The van der Waals surface area contributed by atoms with Gasteiger partial charge in [0.15, 0.2) is 5.16 Å². The van der Waals surface area contributed by atoms with Gasteiger partial charge in [0.25, 0.3) is 5.56 Å². The minimum atomic E-state index is 0.0331. The van der Waals surface area contributed by atoms with Crippen LogP contribution in [0.2, 0.25) is 0 Å². The van der Waals surface area contributed by atoms with Gasteiger partial charge in [0.05, 0.1) is 23.6 Å². The molecule has 1 saturated heterocycles. The summed E-state index contributed by atoms with van der Waals surface area (Å²) in [7, 11) is 0. The minimum Gasteiger partial charge on any atom is -0.376 e. The van der Waals surface area contributed by atoms with Crippen molar-refractivity contribution in [1.29, 1.82) is 0 Å². The first-order chi connectivity index (χ1) is 11.1. The summed E-state index contributed by atoms with van der Waals surface area (Å²) >= 11 is 1.61. The van der Waals surface area contributed by atoms with Crippen LogP contribution in [0.25, 0.3) is 10.9 Å². The molecule has 1 aliphatic rings. The SMILES string of the molecule is CC(C)=CCSc1nc2ccccc2c(=O)n1C[C@@H]1CCCO1. The first-order valence-electron chi connectivity index (χ1n) is 8.02. The van der Waals surface area contributed by atoms with Crippen LogP contribution in [0.15, 0.2) is 45.9 Å². The van der Waals surface area contributed by atoms with Gasteiger partial charge in [-0.2, -0.15) is 0 Å². The maximum Gasteiger partial charge on any atom is 0.262 e. The first-order valence-corrected chi connectivity index (χ1v) is 9.01. The predicted molar refractivity (Wildman–Crippen MR) is 95.1 cm³/mol. The van der Waals surface area contributed by atoms with Gasteiger partial charge < -0.3 is 4.74 Å². The standard InChI is InChI=1S/C18H22N2O2S/c1-13(2)9-11-23-18-19-16-8-4-3-7-15(16)17(21)20(18)12-14-6-5-10-22-14/h3-4,7-9,14H,5-6,10-12H2,1-2H3/t14-/m0/s1. The Morgan fingerprint density at radius 2 is 2.26 bits per heavy atom. The fraction of sp³-hybridized carbons (Fsp3) is 0.444. The van der Waals surface area contributed by atoms with E-state index in [2.05, 4.69) is 19.9 Å². The third kappa shape index (κ3) is 3.85. The van der Waals surface area contributed by atoms with E-state index in [0.717, 1.165) is 35.9 Å². The Morgan fingerprint density at radius 1 is 1.43 bits per heavy atom. The minimum absolute atomic E-state index is 0.0331. The molecule has 0 radical (unpaired) electrons. The monoisotopic (exact) mass is 330 g/mol. The van der Waals surface area contributed by atoms with Crippen molar-refractivity contribution in [1.82, 2.24) is 9.55 Å². The molecule has 0 bridgehead atoms. The van der Waals surface area contributed by atoms with Crippen LogP contribution in [0, 0.1) is 0 Å². The van der Waals surface area contributed by atoms with Crippen molar-refractivity contribution in [2.24, 2.45) is 0 Å². The molecule has 0 unspecified atom stereocenters.